The number of nitrogens with one attached hydrogen (secondary N) is 1. The fourth-order valence-electron chi connectivity index (χ4n) is 2.10. The van der Waals surface area contributed by atoms with Crippen molar-refractivity contribution < 1.29 is 4.79 Å². The fourth-order valence-corrected chi connectivity index (χ4v) is 2.10. The Labute approximate surface area is 144 Å². The van der Waals surface area contributed by atoms with Crippen molar-refractivity contribution in [2.45, 2.75) is 26.4 Å². The van der Waals surface area contributed by atoms with Gasteiger partial charge < -0.3 is 16.0 Å². The zero-order chi connectivity index (χ0) is 16.1. The van der Waals surface area contributed by atoms with Crippen molar-refractivity contribution in [1.82, 2.24) is 0 Å². The second-order valence-corrected chi connectivity index (χ2v) is 5.61. The molecular weight excluding hydrogens is 310 g/mol. The molecule has 0 aliphatic carbocycles. The largest absolute Gasteiger partial charge is 0.372 e. The molecule has 0 saturated carbocycles. The highest BCUT2D eigenvalue weighted by Crippen LogP contribution is 2.20. The molecule has 124 valence electrons. The molecule has 23 heavy (non-hydrogen) atoms. The van der Waals surface area contributed by atoms with Crippen molar-refractivity contribution in [3.63, 3.8) is 0 Å². The van der Waals surface area contributed by atoms with Crippen LogP contribution in [0.2, 0.25) is 0 Å². The number of anilines is 2. The van der Waals surface area contributed by atoms with Crippen molar-refractivity contribution in [3.05, 3.63) is 59.7 Å². The first-order chi connectivity index (χ1) is 10.5. The monoisotopic (exact) mass is 333 g/mol. The van der Waals surface area contributed by atoms with Gasteiger partial charge in [-0.2, -0.15) is 0 Å². The number of carbonyl (C=O) groups excluding carboxylic acids is 1. The summed E-state index contributed by atoms with van der Waals surface area (Å²) in [5.74, 6) is -0.118. The van der Waals surface area contributed by atoms with Gasteiger partial charge >= 0.3 is 0 Å². The molecule has 0 fully saturated rings. The Morgan fingerprint density at radius 1 is 1.17 bits per heavy atom. The predicted octanol–water partition coefficient (Wildman–Crippen LogP) is 3.66. The fraction of sp³-hybridized carbons (Fsp3) is 0.278. The molecule has 3 N–H and O–H groups in total. The molecule has 1 amide bonds. The van der Waals surface area contributed by atoms with Crippen molar-refractivity contribution in [2.75, 3.05) is 17.3 Å². The Balaban J connectivity index is 0.00000264. The van der Waals surface area contributed by atoms with Crippen LogP contribution in [0.3, 0.4) is 0 Å². The minimum Gasteiger partial charge on any atom is -0.372 e. The van der Waals surface area contributed by atoms with Crippen LogP contribution in [0, 0.1) is 0 Å². The van der Waals surface area contributed by atoms with Crippen LogP contribution in [-0.2, 0) is 6.54 Å². The summed E-state index contributed by atoms with van der Waals surface area (Å²) in [7, 11) is 2.04. The molecule has 5 heteroatoms. The summed E-state index contributed by atoms with van der Waals surface area (Å²) in [5.41, 5.74) is 9.06. The number of hydrogen-bond acceptors (Lipinski definition) is 3. The third-order valence-corrected chi connectivity index (χ3v) is 3.74. The molecular formula is C18H24ClN3O. The standard InChI is InChI=1S/C18H23N3O.ClH/c1-13(2)21(3)17-6-4-5-16(11-17)20-18(22)15-9-7-14(12-19)8-10-15;/h4-11,13H,12,19H2,1-3H3,(H,20,22);1H. The van der Waals surface area contributed by atoms with Gasteiger partial charge in [0.25, 0.3) is 5.91 Å². The number of amides is 1. The van der Waals surface area contributed by atoms with E-state index in [1.807, 2.05) is 43.4 Å². The maximum absolute atomic E-state index is 12.3. The summed E-state index contributed by atoms with van der Waals surface area (Å²) >= 11 is 0. The van der Waals surface area contributed by atoms with Gasteiger partial charge in [0.05, 0.1) is 0 Å². The molecule has 0 unspecified atom stereocenters. The smallest absolute Gasteiger partial charge is 0.255 e. The average Bonchev–Trinajstić information content (AvgIpc) is 2.54. The van der Waals surface area contributed by atoms with Crippen molar-refractivity contribution in [2.24, 2.45) is 5.73 Å². The summed E-state index contributed by atoms with van der Waals surface area (Å²) < 4.78 is 0. The van der Waals surface area contributed by atoms with E-state index in [-0.39, 0.29) is 18.3 Å². The first-order valence-electron chi connectivity index (χ1n) is 7.44. The van der Waals surface area contributed by atoms with Crippen LogP contribution in [-0.4, -0.2) is 19.0 Å². The summed E-state index contributed by atoms with van der Waals surface area (Å²) in [4.78, 5) is 14.4. The molecule has 2 aromatic rings. The van der Waals surface area contributed by atoms with E-state index in [4.69, 9.17) is 5.73 Å². The molecule has 4 nitrogen and oxygen atoms in total. The maximum atomic E-state index is 12.3. The van der Waals surface area contributed by atoms with E-state index in [1.54, 1.807) is 12.1 Å². The van der Waals surface area contributed by atoms with E-state index in [0.29, 0.717) is 18.2 Å². The van der Waals surface area contributed by atoms with Gasteiger partial charge in [-0.15, -0.1) is 12.4 Å². The summed E-state index contributed by atoms with van der Waals surface area (Å²) in [6, 6.07) is 15.6. The zero-order valence-corrected chi connectivity index (χ0v) is 14.6. The molecule has 0 atom stereocenters. The quantitative estimate of drug-likeness (QED) is 0.877. The van der Waals surface area contributed by atoms with Crippen LogP contribution in [0.25, 0.3) is 0 Å². The molecule has 0 radical (unpaired) electrons. The number of nitrogens with zero attached hydrogens (tertiary/aromatic N) is 1. The van der Waals surface area contributed by atoms with Crippen molar-refractivity contribution >= 4 is 29.7 Å². The van der Waals surface area contributed by atoms with Gasteiger partial charge in [-0.25, -0.2) is 0 Å². The number of rotatable bonds is 5. The molecule has 0 aliphatic rings. The predicted molar refractivity (Wildman–Crippen MR) is 99.5 cm³/mol. The SMILES string of the molecule is CC(C)N(C)c1cccc(NC(=O)c2ccc(CN)cc2)c1.Cl. The van der Waals surface area contributed by atoms with E-state index in [0.717, 1.165) is 16.9 Å². The normalized spacial score (nSPS) is 10.1. The first kappa shape index (κ1) is 19.0. The van der Waals surface area contributed by atoms with Gasteiger partial charge in [-0.1, -0.05) is 18.2 Å². The van der Waals surface area contributed by atoms with Gasteiger partial charge in [0.2, 0.25) is 0 Å². The third-order valence-electron chi connectivity index (χ3n) is 3.74. The van der Waals surface area contributed by atoms with Gasteiger partial charge in [0, 0.05) is 36.6 Å². The van der Waals surface area contributed by atoms with E-state index in [1.165, 1.54) is 0 Å². The topological polar surface area (TPSA) is 58.4 Å². The van der Waals surface area contributed by atoms with Crippen LogP contribution in [0.4, 0.5) is 11.4 Å². The van der Waals surface area contributed by atoms with Crippen LogP contribution in [0.1, 0.15) is 29.8 Å². The molecule has 0 bridgehead atoms. The second-order valence-electron chi connectivity index (χ2n) is 5.61. The highest BCUT2D eigenvalue weighted by Gasteiger charge is 2.09. The lowest BCUT2D eigenvalue weighted by molar-refractivity contribution is 0.102. The average molecular weight is 334 g/mol. The van der Waals surface area contributed by atoms with Crippen LogP contribution < -0.4 is 16.0 Å². The Hall–Kier alpha value is -2.04. The third kappa shape index (κ3) is 4.98. The molecule has 0 heterocycles. The molecule has 0 spiro atoms. The number of carbonyl (C=O) groups is 1. The molecule has 2 rings (SSSR count). The van der Waals surface area contributed by atoms with Gasteiger partial charge in [-0.05, 0) is 49.7 Å². The van der Waals surface area contributed by atoms with E-state index in [9.17, 15) is 4.79 Å². The van der Waals surface area contributed by atoms with Gasteiger partial charge in [0.1, 0.15) is 0 Å². The second kappa shape index (κ2) is 8.56. The first-order valence-corrected chi connectivity index (χ1v) is 7.44. The minimum absolute atomic E-state index is 0. The lowest BCUT2D eigenvalue weighted by Gasteiger charge is -2.24. The Bertz CT molecular complexity index is 641. The lowest BCUT2D eigenvalue weighted by Crippen LogP contribution is -2.25. The summed E-state index contributed by atoms with van der Waals surface area (Å²) in [6.07, 6.45) is 0. The Kier molecular flexibility index (Phi) is 7.07. The number of benzene rings is 2. The summed E-state index contributed by atoms with van der Waals surface area (Å²) in [5, 5.41) is 2.93. The number of halogens is 1. The Morgan fingerprint density at radius 3 is 2.39 bits per heavy atom. The molecule has 0 saturated heterocycles. The van der Waals surface area contributed by atoms with Crippen molar-refractivity contribution in [1.29, 1.82) is 0 Å². The van der Waals surface area contributed by atoms with Crippen LogP contribution in [0.5, 0.6) is 0 Å². The summed E-state index contributed by atoms with van der Waals surface area (Å²) in [6.45, 7) is 4.74. The van der Waals surface area contributed by atoms with Gasteiger partial charge in [0.15, 0.2) is 0 Å². The molecule has 2 aromatic carbocycles. The zero-order valence-electron chi connectivity index (χ0n) is 13.7. The molecule has 0 aliphatic heterocycles. The van der Waals surface area contributed by atoms with Crippen LogP contribution in [0.15, 0.2) is 48.5 Å². The van der Waals surface area contributed by atoms with E-state index >= 15 is 0 Å². The molecule has 0 aromatic heterocycles. The minimum atomic E-state index is -0.118. The number of hydrogen-bond donors (Lipinski definition) is 2. The lowest BCUT2D eigenvalue weighted by atomic mass is 10.1. The maximum Gasteiger partial charge on any atom is 0.255 e. The van der Waals surface area contributed by atoms with Crippen LogP contribution >= 0.6 is 12.4 Å². The highest BCUT2D eigenvalue weighted by atomic mass is 35.5. The van der Waals surface area contributed by atoms with Crippen molar-refractivity contribution in [3.8, 4) is 0 Å². The highest BCUT2D eigenvalue weighted by molar-refractivity contribution is 6.04. The van der Waals surface area contributed by atoms with E-state index < -0.39 is 0 Å². The van der Waals surface area contributed by atoms with Gasteiger partial charge in [-0.3, -0.25) is 4.79 Å². The van der Waals surface area contributed by atoms with E-state index in [2.05, 4.69) is 24.1 Å². The number of nitrogens with two attached hydrogens (primary N) is 1. The Morgan fingerprint density at radius 2 is 1.83 bits per heavy atom.